The molecule has 2 atom stereocenters. The monoisotopic (exact) mass is 414 g/mol. The van der Waals surface area contributed by atoms with E-state index in [0.29, 0.717) is 0 Å². The molecule has 138 valence electrons. The van der Waals surface area contributed by atoms with E-state index in [0.717, 1.165) is 15.9 Å². The van der Waals surface area contributed by atoms with Crippen molar-refractivity contribution in [2.24, 2.45) is 4.99 Å². The van der Waals surface area contributed by atoms with Crippen LogP contribution >= 0.6 is 35.8 Å². The van der Waals surface area contributed by atoms with Gasteiger partial charge in [-0.05, 0) is 28.8 Å². The highest BCUT2D eigenvalue weighted by molar-refractivity contribution is 8.13. The topological polar surface area (TPSA) is 24.4 Å². The Kier molecular flexibility index (Phi) is 6.84. The molecule has 0 unspecified atom stereocenters. The molecule has 1 aliphatic rings. The fraction of sp³-hybridized carbons (Fsp3) is 0.136. The van der Waals surface area contributed by atoms with Crippen molar-refractivity contribution in [1.29, 1.82) is 0 Å². The summed E-state index contributed by atoms with van der Waals surface area (Å²) in [5, 5.41) is 5.37. The number of rotatable bonds is 4. The number of hydrogen-bond donors (Lipinski definition) is 1. The number of hydrogen-bond acceptors (Lipinski definition) is 3. The number of nitrogens with one attached hydrogen (secondary N) is 1. The minimum absolute atomic E-state index is 0. The average molecular weight is 415 g/mol. The zero-order valence-electron chi connectivity index (χ0n) is 14.6. The Hall–Kier alpha value is -1.94. The van der Waals surface area contributed by atoms with E-state index in [2.05, 4.69) is 59.9 Å². The summed E-state index contributed by atoms with van der Waals surface area (Å²) >= 11 is 7.81. The van der Waals surface area contributed by atoms with Gasteiger partial charge in [0.2, 0.25) is 0 Å². The largest absolute Gasteiger partial charge is 0.356 e. The highest BCUT2D eigenvalue weighted by atomic mass is 35.5. The van der Waals surface area contributed by atoms with Crippen LogP contribution in [0.5, 0.6) is 0 Å². The molecule has 0 saturated carbocycles. The molecule has 0 aromatic heterocycles. The van der Waals surface area contributed by atoms with E-state index in [4.69, 9.17) is 16.6 Å². The van der Waals surface area contributed by atoms with Gasteiger partial charge in [-0.3, -0.25) is 4.99 Å². The van der Waals surface area contributed by atoms with Crippen LogP contribution < -0.4 is 5.32 Å². The first-order chi connectivity index (χ1) is 12.8. The van der Waals surface area contributed by atoms with Gasteiger partial charge in [0.15, 0.2) is 5.17 Å². The molecule has 27 heavy (non-hydrogen) atoms. The lowest BCUT2D eigenvalue weighted by molar-refractivity contribution is 0.573. The molecule has 0 amide bonds. The van der Waals surface area contributed by atoms with Crippen molar-refractivity contribution in [3.05, 3.63) is 107 Å². The second-order valence-corrected chi connectivity index (χ2v) is 7.64. The highest BCUT2D eigenvalue weighted by Crippen LogP contribution is 2.38. The third-order valence-corrected chi connectivity index (χ3v) is 5.62. The van der Waals surface area contributed by atoms with Crippen molar-refractivity contribution in [2.45, 2.75) is 17.8 Å². The second kappa shape index (κ2) is 9.32. The number of benzene rings is 3. The normalized spacial score (nSPS) is 18.3. The maximum atomic E-state index is 6.09. The van der Waals surface area contributed by atoms with E-state index in [1.165, 1.54) is 16.7 Å². The van der Waals surface area contributed by atoms with E-state index in [1.807, 2.05) is 30.3 Å². The van der Waals surface area contributed by atoms with E-state index < -0.39 is 0 Å². The molecule has 0 fully saturated rings. The summed E-state index contributed by atoms with van der Waals surface area (Å²) in [6, 6.07) is 29.2. The van der Waals surface area contributed by atoms with E-state index in [-0.39, 0.29) is 24.5 Å². The van der Waals surface area contributed by atoms with E-state index in [1.54, 1.807) is 11.8 Å². The van der Waals surface area contributed by atoms with Crippen LogP contribution in [0.25, 0.3) is 0 Å². The zero-order chi connectivity index (χ0) is 17.8. The van der Waals surface area contributed by atoms with Gasteiger partial charge < -0.3 is 5.32 Å². The number of thioether (sulfide) groups is 1. The number of aliphatic imine (C=N–C) groups is 1. The Labute approximate surface area is 175 Å². The highest BCUT2D eigenvalue weighted by Gasteiger charge is 2.31. The zero-order valence-corrected chi connectivity index (χ0v) is 17.0. The Balaban J connectivity index is 0.00000210. The molecule has 5 heteroatoms. The Bertz CT molecular complexity index is 900. The number of amidine groups is 1. The molecule has 0 aliphatic carbocycles. The van der Waals surface area contributed by atoms with Gasteiger partial charge >= 0.3 is 0 Å². The summed E-state index contributed by atoms with van der Waals surface area (Å²) in [6.45, 7) is 0. The van der Waals surface area contributed by atoms with Gasteiger partial charge in [0, 0.05) is 10.8 Å². The summed E-state index contributed by atoms with van der Waals surface area (Å²) in [6.07, 6.45) is 0. The SMILES string of the molecule is Cl.Clc1cccc(CSC2=N[C@H](c3ccccc3)[C@H](c3ccccc3)N2)c1. The van der Waals surface area contributed by atoms with Crippen LogP contribution in [0.4, 0.5) is 0 Å². The Morgan fingerprint density at radius 3 is 2.19 bits per heavy atom. The first-order valence-corrected chi connectivity index (χ1v) is 9.97. The predicted octanol–water partition coefficient (Wildman–Crippen LogP) is 6.44. The Morgan fingerprint density at radius 2 is 1.52 bits per heavy atom. The van der Waals surface area contributed by atoms with Gasteiger partial charge in [0.25, 0.3) is 0 Å². The third kappa shape index (κ3) is 4.86. The molecule has 0 spiro atoms. The smallest absolute Gasteiger partial charge is 0.158 e. The van der Waals surface area contributed by atoms with Crippen LogP contribution in [-0.4, -0.2) is 5.17 Å². The first-order valence-electron chi connectivity index (χ1n) is 8.61. The fourth-order valence-corrected chi connectivity index (χ4v) is 4.24. The molecular formula is C22H20Cl2N2S. The summed E-state index contributed by atoms with van der Waals surface area (Å²) < 4.78 is 0. The maximum absolute atomic E-state index is 6.09. The summed E-state index contributed by atoms with van der Waals surface area (Å²) in [7, 11) is 0. The molecule has 3 aromatic carbocycles. The molecule has 4 rings (SSSR count). The van der Waals surface area contributed by atoms with Crippen LogP contribution in [0.3, 0.4) is 0 Å². The van der Waals surface area contributed by atoms with E-state index in [9.17, 15) is 0 Å². The van der Waals surface area contributed by atoms with Crippen molar-refractivity contribution in [3.63, 3.8) is 0 Å². The van der Waals surface area contributed by atoms with Gasteiger partial charge in [0.1, 0.15) is 6.04 Å². The van der Waals surface area contributed by atoms with Gasteiger partial charge in [-0.1, -0.05) is 96.2 Å². The number of halogens is 2. The quantitative estimate of drug-likeness (QED) is 0.531. The minimum Gasteiger partial charge on any atom is -0.356 e. The molecule has 2 nitrogen and oxygen atoms in total. The van der Waals surface area contributed by atoms with Crippen LogP contribution in [0, 0.1) is 0 Å². The van der Waals surface area contributed by atoms with Gasteiger partial charge in [-0.15, -0.1) is 12.4 Å². The van der Waals surface area contributed by atoms with Gasteiger partial charge in [-0.25, -0.2) is 0 Å². The summed E-state index contributed by atoms with van der Waals surface area (Å²) in [5.74, 6) is 0.843. The molecule has 0 radical (unpaired) electrons. The van der Waals surface area contributed by atoms with Crippen molar-refractivity contribution >= 4 is 40.9 Å². The molecule has 3 aromatic rings. The molecule has 1 heterocycles. The molecular weight excluding hydrogens is 395 g/mol. The molecule has 1 N–H and O–H groups in total. The predicted molar refractivity (Wildman–Crippen MR) is 119 cm³/mol. The van der Waals surface area contributed by atoms with Crippen molar-refractivity contribution in [3.8, 4) is 0 Å². The first kappa shape index (κ1) is 19.8. The molecule has 1 aliphatic heterocycles. The average Bonchev–Trinajstić information content (AvgIpc) is 3.12. The van der Waals surface area contributed by atoms with Crippen molar-refractivity contribution < 1.29 is 0 Å². The lowest BCUT2D eigenvalue weighted by Gasteiger charge is -2.19. The lowest BCUT2D eigenvalue weighted by Crippen LogP contribution is -2.22. The number of nitrogens with zero attached hydrogens (tertiary/aromatic N) is 1. The molecule has 0 saturated heterocycles. The third-order valence-electron chi connectivity index (χ3n) is 4.42. The van der Waals surface area contributed by atoms with Crippen LogP contribution in [-0.2, 0) is 5.75 Å². The lowest BCUT2D eigenvalue weighted by atomic mass is 9.95. The van der Waals surface area contributed by atoms with Crippen LogP contribution in [0.1, 0.15) is 28.8 Å². The van der Waals surface area contributed by atoms with E-state index >= 15 is 0 Å². The standard InChI is InChI=1S/C22H19ClN2S.ClH/c23-19-13-7-8-16(14-19)15-26-22-24-20(17-9-3-1-4-10-17)21(25-22)18-11-5-2-6-12-18;/h1-14,20-21H,15H2,(H,24,25);1H/t20-,21+;. The van der Waals surface area contributed by atoms with Crippen molar-refractivity contribution in [2.75, 3.05) is 0 Å². The van der Waals surface area contributed by atoms with Crippen molar-refractivity contribution in [1.82, 2.24) is 5.32 Å². The summed E-state index contributed by atoms with van der Waals surface area (Å²) in [5.41, 5.74) is 3.68. The van der Waals surface area contributed by atoms with Gasteiger partial charge in [0.05, 0.1) is 6.04 Å². The van der Waals surface area contributed by atoms with Crippen LogP contribution in [0.2, 0.25) is 5.02 Å². The minimum atomic E-state index is 0. The summed E-state index contributed by atoms with van der Waals surface area (Å²) in [4.78, 5) is 4.99. The molecule has 0 bridgehead atoms. The maximum Gasteiger partial charge on any atom is 0.158 e. The second-order valence-electron chi connectivity index (χ2n) is 6.24. The Morgan fingerprint density at radius 1 is 0.852 bits per heavy atom. The van der Waals surface area contributed by atoms with Crippen LogP contribution in [0.15, 0.2) is 89.9 Å². The fourth-order valence-electron chi connectivity index (χ4n) is 3.15. The van der Waals surface area contributed by atoms with Gasteiger partial charge in [-0.2, -0.15) is 0 Å².